The van der Waals surface area contributed by atoms with Gasteiger partial charge in [0.15, 0.2) is 12.0 Å². The predicted octanol–water partition coefficient (Wildman–Crippen LogP) is 5.27. The second-order valence-corrected chi connectivity index (χ2v) is 7.44. The summed E-state index contributed by atoms with van der Waals surface area (Å²) in [5, 5.41) is 1.87. The largest absolute Gasteiger partial charge is 0.497 e. The van der Waals surface area contributed by atoms with E-state index in [4.69, 9.17) is 15.2 Å². The Balaban J connectivity index is 1.70. The first-order valence-corrected chi connectivity index (χ1v) is 9.65. The average molecular weight is 427 g/mol. The van der Waals surface area contributed by atoms with Gasteiger partial charge >= 0.3 is 6.18 Å². The summed E-state index contributed by atoms with van der Waals surface area (Å²) in [6.45, 7) is 1.83. The van der Waals surface area contributed by atoms with Crippen LogP contribution in [0.25, 0.3) is 16.3 Å². The second kappa shape index (κ2) is 7.65. The number of carbonyl (C=O) groups excluding carboxylic acids is 1. The molecule has 0 spiro atoms. The van der Waals surface area contributed by atoms with E-state index in [1.165, 1.54) is 12.1 Å². The van der Waals surface area contributed by atoms with Crippen LogP contribution in [0.5, 0.6) is 5.75 Å². The van der Waals surface area contributed by atoms with Gasteiger partial charge in [-0.2, -0.15) is 13.2 Å². The number of methoxy groups -OCH3 is 1. The summed E-state index contributed by atoms with van der Waals surface area (Å²) in [5.41, 5.74) is 6.03. The molecule has 4 rings (SSSR count). The number of ether oxygens (including phenoxy) is 2. The maximum Gasteiger partial charge on any atom is 0.416 e. The molecular weight excluding hydrogens is 407 g/mol. The van der Waals surface area contributed by atoms with Crippen molar-refractivity contribution in [3.63, 3.8) is 0 Å². The molecule has 1 aliphatic heterocycles. The van der Waals surface area contributed by atoms with Gasteiger partial charge in [-0.05, 0) is 46.2 Å². The molecular formula is C24H20F3NO3. The van der Waals surface area contributed by atoms with Crippen LogP contribution in [-0.2, 0) is 15.7 Å². The SMILES string of the molecule is COc1ccc2cccc(C(C)C3OC(N)=C(c4cccc(C(F)(F)F)c4)C3=O)c2c1. The Bertz CT molecular complexity index is 1200. The van der Waals surface area contributed by atoms with E-state index in [1.54, 1.807) is 7.11 Å². The van der Waals surface area contributed by atoms with E-state index in [0.717, 1.165) is 28.5 Å². The van der Waals surface area contributed by atoms with E-state index < -0.39 is 29.5 Å². The summed E-state index contributed by atoms with van der Waals surface area (Å²) < 4.78 is 50.3. The molecule has 7 heteroatoms. The smallest absolute Gasteiger partial charge is 0.416 e. The topological polar surface area (TPSA) is 61.6 Å². The summed E-state index contributed by atoms with van der Waals surface area (Å²) in [6.07, 6.45) is -5.47. The quantitative estimate of drug-likeness (QED) is 0.617. The number of halogens is 3. The average Bonchev–Trinajstić information content (AvgIpc) is 3.05. The minimum absolute atomic E-state index is 0.0271. The predicted molar refractivity (Wildman–Crippen MR) is 111 cm³/mol. The molecule has 2 N–H and O–H groups in total. The minimum Gasteiger partial charge on any atom is -0.497 e. The number of Topliss-reactive ketones (excluding diaryl/α,β-unsaturated/α-hetero) is 1. The maximum absolute atomic E-state index is 13.2. The Morgan fingerprint density at radius 3 is 2.52 bits per heavy atom. The number of nitrogens with two attached hydrogens (primary N) is 1. The fraction of sp³-hybridized carbons (Fsp3) is 0.208. The molecule has 0 aromatic heterocycles. The number of hydrogen-bond donors (Lipinski definition) is 1. The highest BCUT2D eigenvalue weighted by Gasteiger charge is 2.40. The molecule has 4 nitrogen and oxygen atoms in total. The lowest BCUT2D eigenvalue weighted by atomic mass is 9.87. The van der Waals surface area contributed by atoms with Crippen LogP contribution in [-0.4, -0.2) is 19.0 Å². The lowest BCUT2D eigenvalue weighted by molar-refractivity contribution is -0.137. The molecule has 1 aliphatic rings. The van der Waals surface area contributed by atoms with Crippen molar-refractivity contribution < 1.29 is 27.4 Å². The van der Waals surface area contributed by atoms with Crippen molar-refractivity contribution >= 4 is 22.1 Å². The van der Waals surface area contributed by atoms with E-state index in [9.17, 15) is 18.0 Å². The van der Waals surface area contributed by atoms with Gasteiger partial charge in [0.1, 0.15) is 5.75 Å². The Hall–Kier alpha value is -3.48. The van der Waals surface area contributed by atoms with Crippen molar-refractivity contribution in [2.24, 2.45) is 5.73 Å². The molecule has 3 aromatic rings. The summed E-state index contributed by atoms with van der Waals surface area (Å²) in [6, 6.07) is 15.9. The molecule has 1 heterocycles. The van der Waals surface area contributed by atoms with E-state index in [1.807, 2.05) is 43.3 Å². The normalized spacial score (nSPS) is 17.7. The zero-order chi connectivity index (χ0) is 22.3. The van der Waals surface area contributed by atoms with Crippen LogP contribution in [0.1, 0.15) is 29.5 Å². The highest BCUT2D eigenvalue weighted by molar-refractivity contribution is 6.25. The Labute approximate surface area is 177 Å². The lowest BCUT2D eigenvalue weighted by Crippen LogP contribution is -2.25. The number of hydrogen-bond acceptors (Lipinski definition) is 4. The highest BCUT2D eigenvalue weighted by Crippen LogP contribution is 2.39. The molecule has 0 saturated heterocycles. The molecule has 160 valence electrons. The third kappa shape index (κ3) is 3.71. The third-order valence-electron chi connectivity index (χ3n) is 5.55. The molecule has 2 atom stereocenters. The van der Waals surface area contributed by atoms with Crippen molar-refractivity contribution in [1.29, 1.82) is 0 Å². The molecule has 0 fully saturated rings. The van der Waals surface area contributed by atoms with Crippen molar-refractivity contribution in [1.82, 2.24) is 0 Å². The Morgan fingerprint density at radius 1 is 1.06 bits per heavy atom. The van der Waals surface area contributed by atoms with Crippen LogP contribution >= 0.6 is 0 Å². The van der Waals surface area contributed by atoms with Crippen LogP contribution in [0.15, 0.2) is 66.5 Å². The Kier molecular flexibility index (Phi) is 5.13. The van der Waals surface area contributed by atoms with Gasteiger partial charge in [-0.25, -0.2) is 0 Å². The molecule has 0 radical (unpaired) electrons. The van der Waals surface area contributed by atoms with Gasteiger partial charge in [-0.1, -0.05) is 43.3 Å². The number of rotatable bonds is 4. The number of carbonyl (C=O) groups is 1. The zero-order valence-corrected chi connectivity index (χ0v) is 16.9. The van der Waals surface area contributed by atoms with Crippen molar-refractivity contribution in [3.05, 3.63) is 83.2 Å². The van der Waals surface area contributed by atoms with E-state index in [0.29, 0.717) is 5.75 Å². The van der Waals surface area contributed by atoms with Gasteiger partial charge < -0.3 is 15.2 Å². The summed E-state index contributed by atoms with van der Waals surface area (Å²) in [5.74, 6) is -0.332. The van der Waals surface area contributed by atoms with Crippen LogP contribution in [0.2, 0.25) is 0 Å². The first-order chi connectivity index (χ1) is 14.7. The number of ketones is 1. The number of benzene rings is 3. The first-order valence-electron chi connectivity index (χ1n) is 9.65. The first kappa shape index (κ1) is 20.8. The van der Waals surface area contributed by atoms with Gasteiger partial charge in [-0.3, -0.25) is 4.79 Å². The van der Waals surface area contributed by atoms with Crippen LogP contribution in [0.4, 0.5) is 13.2 Å². The maximum atomic E-state index is 13.2. The Morgan fingerprint density at radius 2 is 1.81 bits per heavy atom. The van der Waals surface area contributed by atoms with Gasteiger partial charge in [0.25, 0.3) is 0 Å². The lowest BCUT2D eigenvalue weighted by Gasteiger charge is -2.21. The van der Waals surface area contributed by atoms with Crippen molar-refractivity contribution in [2.45, 2.75) is 25.1 Å². The fourth-order valence-electron chi connectivity index (χ4n) is 3.94. The molecule has 31 heavy (non-hydrogen) atoms. The summed E-state index contributed by atoms with van der Waals surface area (Å²) >= 11 is 0. The van der Waals surface area contributed by atoms with Gasteiger partial charge in [0.2, 0.25) is 5.78 Å². The zero-order valence-electron chi connectivity index (χ0n) is 16.9. The van der Waals surface area contributed by atoms with Crippen LogP contribution in [0, 0.1) is 0 Å². The summed E-state index contributed by atoms with van der Waals surface area (Å²) in [4.78, 5) is 13.2. The molecule has 0 saturated carbocycles. The van der Waals surface area contributed by atoms with Gasteiger partial charge in [0.05, 0.1) is 18.2 Å². The summed E-state index contributed by atoms with van der Waals surface area (Å²) in [7, 11) is 1.57. The highest BCUT2D eigenvalue weighted by atomic mass is 19.4. The van der Waals surface area contributed by atoms with E-state index in [2.05, 4.69) is 0 Å². The minimum atomic E-state index is -4.53. The molecule has 0 aliphatic carbocycles. The van der Waals surface area contributed by atoms with Gasteiger partial charge in [-0.15, -0.1) is 0 Å². The van der Waals surface area contributed by atoms with Crippen LogP contribution < -0.4 is 10.5 Å². The second-order valence-electron chi connectivity index (χ2n) is 7.44. The van der Waals surface area contributed by atoms with Crippen molar-refractivity contribution in [2.75, 3.05) is 7.11 Å². The van der Waals surface area contributed by atoms with Gasteiger partial charge in [0, 0.05) is 5.92 Å². The standard InChI is InChI=1S/C24H20F3NO3/c1-13(18-8-4-5-14-9-10-17(30-2)12-19(14)18)22-21(29)20(23(28)31-22)15-6-3-7-16(11-15)24(25,26)27/h3-13,22H,28H2,1-2H3. The van der Waals surface area contributed by atoms with Crippen molar-refractivity contribution in [3.8, 4) is 5.75 Å². The number of alkyl halides is 3. The third-order valence-corrected chi connectivity index (χ3v) is 5.55. The molecule has 3 aromatic carbocycles. The molecule has 2 unspecified atom stereocenters. The number of fused-ring (bicyclic) bond motifs is 1. The van der Waals surface area contributed by atoms with E-state index in [-0.39, 0.29) is 17.0 Å². The fourth-order valence-corrected chi connectivity index (χ4v) is 3.94. The monoisotopic (exact) mass is 427 g/mol. The van der Waals surface area contributed by atoms with Crippen LogP contribution in [0.3, 0.4) is 0 Å². The molecule has 0 amide bonds. The molecule has 0 bridgehead atoms. The van der Waals surface area contributed by atoms with E-state index >= 15 is 0 Å².